The molecule has 220 valence electrons. The molecule has 9 atom stereocenters. The molecule has 5 fully saturated rings. The number of fused-ring (bicyclic) bond motifs is 7. The highest BCUT2D eigenvalue weighted by atomic mass is 16.5. The second-order valence-corrected chi connectivity index (χ2v) is 16.0. The molecule has 0 saturated heterocycles. The molecular formula is C35H57NO3. The minimum Gasteiger partial charge on any atom is -0.449 e. The zero-order valence-corrected chi connectivity index (χ0v) is 26.2. The van der Waals surface area contributed by atoms with Crippen molar-refractivity contribution in [3.8, 4) is 0 Å². The van der Waals surface area contributed by atoms with E-state index in [1.807, 2.05) is 0 Å². The molecule has 0 aromatic carbocycles. The molecule has 4 heteroatoms. The predicted molar refractivity (Wildman–Crippen MR) is 158 cm³/mol. The number of unbranched alkanes of at least 4 members (excludes halogenated alkanes) is 1. The Morgan fingerprint density at radius 1 is 0.949 bits per heavy atom. The van der Waals surface area contributed by atoms with Crippen LogP contribution in [-0.4, -0.2) is 25.0 Å². The number of ether oxygens (including phenoxy) is 1. The Bertz CT molecular complexity index is 1000. The molecule has 0 aromatic heterocycles. The molecule has 5 rings (SSSR count). The standard InChI is InChI=1S/C35H57NO3/c1-9-10-21-36-30(38)39-22-35-18-13-24(23(2)3)29(35)25-11-12-27-32(6)16-15-28(37)31(4,5)26(32)14-17-34(27,8)33(25,7)19-20-35/h24-27,29H,2,9-22H2,1,3-8H3,(H,36,38)/t24-,25+,26-,27+,29+,32-,33+,34+,35+/m0/s1. The average Bonchev–Trinajstić information content (AvgIpc) is 3.26. The quantitative estimate of drug-likeness (QED) is 0.271. The van der Waals surface area contributed by atoms with Gasteiger partial charge in [-0.05, 0) is 117 Å². The van der Waals surface area contributed by atoms with Crippen molar-refractivity contribution < 1.29 is 14.3 Å². The van der Waals surface area contributed by atoms with Crippen LogP contribution in [0.5, 0.6) is 0 Å². The van der Waals surface area contributed by atoms with Gasteiger partial charge in [-0.3, -0.25) is 4.79 Å². The molecular weight excluding hydrogens is 482 g/mol. The number of rotatable bonds is 6. The van der Waals surface area contributed by atoms with Crippen LogP contribution in [0.2, 0.25) is 0 Å². The molecule has 4 nitrogen and oxygen atoms in total. The summed E-state index contributed by atoms with van der Waals surface area (Å²) in [6, 6.07) is 0. The highest BCUT2D eigenvalue weighted by molar-refractivity contribution is 5.85. The fourth-order valence-corrected chi connectivity index (χ4v) is 12.0. The number of amides is 1. The molecule has 5 saturated carbocycles. The van der Waals surface area contributed by atoms with Crippen molar-refractivity contribution in [2.75, 3.05) is 13.2 Å². The smallest absolute Gasteiger partial charge is 0.407 e. The SMILES string of the molecule is C=C(C)[C@@H]1CC[C@]2(COC(=O)NCCCC)CC[C@]3(C)[C@H](CC[C@@H]4[C@@]5(C)CCC(=O)C(C)(C)[C@@H]5CC[C@]43C)[C@@H]12. The summed E-state index contributed by atoms with van der Waals surface area (Å²) < 4.78 is 6.01. The Morgan fingerprint density at radius 3 is 2.38 bits per heavy atom. The zero-order valence-electron chi connectivity index (χ0n) is 26.2. The van der Waals surface area contributed by atoms with E-state index in [1.165, 1.54) is 44.1 Å². The van der Waals surface area contributed by atoms with Gasteiger partial charge in [0.05, 0.1) is 6.61 Å². The Morgan fingerprint density at radius 2 is 1.69 bits per heavy atom. The molecule has 5 aliphatic carbocycles. The number of carbonyl (C=O) groups excluding carboxylic acids is 2. The molecule has 0 unspecified atom stereocenters. The van der Waals surface area contributed by atoms with Gasteiger partial charge >= 0.3 is 6.09 Å². The van der Waals surface area contributed by atoms with Gasteiger partial charge in [0.2, 0.25) is 0 Å². The van der Waals surface area contributed by atoms with Crippen LogP contribution in [0.3, 0.4) is 0 Å². The van der Waals surface area contributed by atoms with Gasteiger partial charge < -0.3 is 10.1 Å². The van der Waals surface area contributed by atoms with E-state index < -0.39 is 0 Å². The summed E-state index contributed by atoms with van der Waals surface area (Å²) in [5.74, 6) is 3.38. The van der Waals surface area contributed by atoms with E-state index in [4.69, 9.17) is 4.74 Å². The molecule has 39 heavy (non-hydrogen) atoms. The summed E-state index contributed by atoms with van der Waals surface area (Å²) >= 11 is 0. The third-order valence-corrected chi connectivity index (χ3v) is 14.3. The maximum absolute atomic E-state index is 13.0. The first-order valence-electron chi connectivity index (χ1n) is 16.4. The van der Waals surface area contributed by atoms with Gasteiger partial charge in [-0.25, -0.2) is 4.79 Å². The third-order valence-electron chi connectivity index (χ3n) is 14.3. The van der Waals surface area contributed by atoms with Gasteiger partial charge in [-0.1, -0.05) is 60.1 Å². The van der Waals surface area contributed by atoms with Gasteiger partial charge in [0, 0.05) is 23.8 Å². The van der Waals surface area contributed by atoms with Crippen LogP contribution < -0.4 is 5.32 Å². The first-order chi connectivity index (χ1) is 18.3. The number of Topliss-reactive ketones (excluding diaryl/α,β-unsaturated/α-hetero) is 1. The lowest BCUT2D eigenvalue weighted by atomic mass is 9.32. The van der Waals surface area contributed by atoms with Crippen molar-refractivity contribution in [3.05, 3.63) is 12.2 Å². The first kappa shape index (κ1) is 29.2. The predicted octanol–water partition coefficient (Wildman–Crippen LogP) is 8.74. The molecule has 5 aliphatic rings. The Hall–Kier alpha value is -1.32. The number of allylic oxidation sites excluding steroid dienone is 1. The van der Waals surface area contributed by atoms with E-state index in [-0.39, 0.29) is 33.2 Å². The van der Waals surface area contributed by atoms with Crippen molar-refractivity contribution in [2.45, 2.75) is 126 Å². The highest BCUT2D eigenvalue weighted by Crippen LogP contribution is 2.77. The number of ketones is 1. The average molecular weight is 540 g/mol. The fourth-order valence-electron chi connectivity index (χ4n) is 12.0. The van der Waals surface area contributed by atoms with Crippen LogP contribution in [0.25, 0.3) is 0 Å². The van der Waals surface area contributed by atoms with Gasteiger partial charge in [-0.2, -0.15) is 0 Å². The number of alkyl carbamates (subject to hydrolysis) is 1. The van der Waals surface area contributed by atoms with Gasteiger partial charge in [0.25, 0.3) is 0 Å². The largest absolute Gasteiger partial charge is 0.449 e. The summed E-state index contributed by atoms with van der Waals surface area (Å²) in [7, 11) is 0. The Balaban J connectivity index is 1.44. The van der Waals surface area contributed by atoms with Crippen LogP contribution in [-0.2, 0) is 9.53 Å². The monoisotopic (exact) mass is 539 g/mol. The summed E-state index contributed by atoms with van der Waals surface area (Å²) in [4.78, 5) is 25.7. The lowest BCUT2D eigenvalue weighted by Crippen LogP contribution is -2.66. The topological polar surface area (TPSA) is 55.4 Å². The fraction of sp³-hybridized carbons (Fsp3) is 0.886. The van der Waals surface area contributed by atoms with Gasteiger partial charge in [-0.15, -0.1) is 0 Å². The Labute approximate surface area is 238 Å². The molecule has 0 radical (unpaired) electrons. The van der Waals surface area contributed by atoms with E-state index in [0.717, 1.165) is 38.5 Å². The maximum atomic E-state index is 13.0. The molecule has 0 bridgehead atoms. The third kappa shape index (κ3) is 4.18. The van der Waals surface area contributed by atoms with Crippen LogP contribution in [0.15, 0.2) is 12.2 Å². The van der Waals surface area contributed by atoms with Crippen LogP contribution in [0, 0.1) is 56.7 Å². The second-order valence-electron chi connectivity index (χ2n) is 16.0. The molecule has 1 N–H and O–H groups in total. The van der Waals surface area contributed by atoms with Crippen LogP contribution >= 0.6 is 0 Å². The van der Waals surface area contributed by atoms with Crippen molar-refractivity contribution in [1.29, 1.82) is 0 Å². The summed E-state index contributed by atoms with van der Waals surface area (Å²) in [6.45, 7) is 22.5. The Kier molecular flexibility index (Phi) is 7.41. The summed E-state index contributed by atoms with van der Waals surface area (Å²) in [5, 5.41) is 2.98. The van der Waals surface area contributed by atoms with Gasteiger partial charge in [0.15, 0.2) is 0 Å². The second kappa shape index (κ2) is 9.90. The van der Waals surface area contributed by atoms with Gasteiger partial charge in [0.1, 0.15) is 5.78 Å². The minimum absolute atomic E-state index is 0.0828. The normalized spacial score (nSPS) is 46.3. The van der Waals surface area contributed by atoms with E-state index in [0.29, 0.717) is 48.5 Å². The summed E-state index contributed by atoms with van der Waals surface area (Å²) in [5.41, 5.74) is 2.01. The maximum Gasteiger partial charge on any atom is 0.407 e. The van der Waals surface area contributed by atoms with Crippen molar-refractivity contribution in [1.82, 2.24) is 5.32 Å². The highest BCUT2D eigenvalue weighted by Gasteiger charge is 2.71. The molecule has 0 aliphatic heterocycles. The molecule has 0 spiro atoms. The molecule has 0 aromatic rings. The first-order valence-corrected chi connectivity index (χ1v) is 16.4. The van der Waals surface area contributed by atoms with E-state index in [9.17, 15) is 9.59 Å². The molecule has 1 amide bonds. The minimum atomic E-state index is -0.236. The lowest BCUT2D eigenvalue weighted by molar-refractivity contribution is -0.236. The number of hydrogen-bond acceptors (Lipinski definition) is 3. The van der Waals surface area contributed by atoms with Crippen molar-refractivity contribution >= 4 is 11.9 Å². The van der Waals surface area contributed by atoms with E-state index >= 15 is 0 Å². The van der Waals surface area contributed by atoms with Crippen molar-refractivity contribution in [2.24, 2.45) is 56.7 Å². The number of nitrogens with one attached hydrogen (secondary N) is 1. The van der Waals surface area contributed by atoms with Crippen LogP contribution in [0.1, 0.15) is 126 Å². The zero-order chi connectivity index (χ0) is 28.4. The van der Waals surface area contributed by atoms with E-state index in [2.05, 4.69) is 60.4 Å². The number of carbonyl (C=O) groups is 2. The number of hydrogen-bond donors (Lipinski definition) is 1. The molecule has 0 heterocycles. The summed E-state index contributed by atoms with van der Waals surface area (Å²) in [6.07, 6.45) is 13.4. The van der Waals surface area contributed by atoms with Crippen LogP contribution in [0.4, 0.5) is 4.79 Å². The van der Waals surface area contributed by atoms with E-state index in [1.54, 1.807) is 0 Å². The van der Waals surface area contributed by atoms with Crippen molar-refractivity contribution in [3.63, 3.8) is 0 Å². The lowest BCUT2D eigenvalue weighted by Gasteiger charge is -2.72.